The van der Waals surface area contributed by atoms with Gasteiger partial charge in [0.2, 0.25) is 5.82 Å². The van der Waals surface area contributed by atoms with Crippen molar-refractivity contribution >= 4 is 17.0 Å². The molecule has 4 aromatic rings. The van der Waals surface area contributed by atoms with Gasteiger partial charge in [0.05, 0.1) is 4.88 Å². The van der Waals surface area contributed by atoms with Gasteiger partial charge in [-0.2, -0.15) is 23.3 Å². The second-order valence-electron chi connectivity index (χ2n) is 6.04. The molecule has 0 aromatic carbocycles. The molecule has 1 fully saturated rings. The van der Waals surface area contributed by atoms with Gasteiger partial charge in [-0.3, -0.25) is 0 Å². The molecule has 0 radical (unpaired) electrons. The van der Waals surface area contributed by atoms with Crippen LogP contribution in [-0.2, 0) is 6.18 Å². The third-order valence-corrected chi connectivity index (χ3v) is 4.99. The number of alkyl halides is 3. The first-order valence-electron chi connectivity index (χ1n) is 7.85. The van der Waals surface area contributed by atoms with Crippen LogP contribution in [0.2, 0.25) is 0 Å². The standard InChI is InChI=1S/C16H10F3N5OS/c17-16(18,19)12-6-9(8-3-4-8)20-13-7-10(22-24(12)13)15-21-14(23-25-15)11-2-1-5-26-11/h1-2,5-8H,3-4H2. The molecule has 0 bridgehead atoms. The lowest BCUT2D eigenvalue weighted by Crippen LogP contribution is -2.14. The van der Waals surface area contributed by atoms with Crippen LogP contribution in [0.4, 0.5) is 13.2 Å². The van der Waals surface area contributed by atoms with Gasteiger partial charge in [0.25, 0.3) is 5.89 Å². The molecular formula is C16H10F3N5OS. The Labute approximate surface area is 148 Å². The molecule has 26 heavy (non-hydrogen) atoms. The lowest BCUT2D eigenvalue weighted by Gasteiger charge is -2.10. The average Bonchev–Trinajstić information content (AvgIpc) is 3.04. The van der Waals surface area contributed by atoms with Crippen molar-refractivity contribution in [2.24, 2.45) is 0 Å². The number of fused-ring (bicyclic) bond motifs is 1. The van der Waals surface area contributed by atoms with E-state index in [1.165, 1.54) is 17.4 Å². The molecule has 1 aliphatic rings. The summed E-state index contributed by atoms with van der Waals surface area (Å²) in [4.78, 5) is 9.35. The van der Waals surface area contributed by atoms with Gasteiger partial charge < -0.3 is 4.52 Å². The van der Waals surface area contributed by atoms with Crippen LogP contribution in [0.3, 0.4) is 0 Å². The summed E-state index contributed by atoms with van der Waals surface area (Å²) < 4.78 is 46.3. The molecule has 0 atom stereocenters. The van der Waals surface area contributed by atoms with E-state index in [-0.39, 0.29) is 23.1 Å². The van der Waals surface area contributed by atoms with Gasteiger partial charge in [-0.15, -0.1) is 11.3 Å². The van der Waals surface area contributed by atoms with Gasteiger partial charge in [-0.05, 0) is 30.4 Å². The van der Waals surface area contributed by atoms with E-state index in [1.54, 1.807) is 0 Å². The molecule has 0 unspecified atom stereocenters. The highest BCUT2D eigenvalue weighted by Gasteiger charge is 2.37. The van der Waals surface area contributed by atoms with Crippen molar-refractivity contribution in [3.8, 4) is 22.3 Å². The minimum Gasteiger partial charge on any atom is -0.332 e. The Morgan fingerprint density at radius 3 is 2.73 bits per heavy atom. The van der Waals surface area contributed by atoms with Crippen LogP contribution in [0.1, 0.15) is 30.1 Å². The van der Waals surface area contributed by atoms with Gasteiger partial charge >= 0.3 is 6.18 Å². The Morgan fingerprint density at radius 1 is 1.19 bits per heavy atom. The lowest BCUT2D eigenvalue weighted by atomic mass is 10.2. The van der Waals surface area contributed by atoms with E-state index in [0.717, 1.165) is 28.3 Å². The number of rotatable bonds is 3. The van der Waals surface area contributed by atoms with Crippen LogP contribution in [0.15, 0.2) is 34.2 Å². The second-order valence-corrected chi connectivity index (χ2v) is 6.99. The number of nitrogens with zero attached hydrogens (tertiary/aromatic N) is 5. The minimum absolute atomic E-state index is 0.0556. The molecule has 1 aliphatic carbocycles. The quantitative estimate of drug-likeness (QED) is 0.529. The molecule has 0 aliphatic heterocycles. The summed E-state index contributed by atoms with van der Waals surface area (Å²) in [6.45, 7) is 0. The van der Waals surface area contributed by atoms with Gasteiger partial charge in [-0.1, -0.05) is 11.2 Å². The fourth-order valence-corrected chi connectivity index (χ4v) is 3.37. The summed E-state index contributed by atoms with van der Waals surface area (Å²) in [5.41, 5.74) is -0.131. The van der Waals surface area contributed by atoms with E-state index < -0.39 is 11.9 Å². The lowest BCUT2D eigenvalue weighted by molar-refractivity contribution is -0.142. The van der Waals surface area contributed by atoms with Crippen molar-refractivity contribution in [1.82, 2.24) is 24.7 Å². The Hall–Kier alpha value is -2.75. The molecule has 132 valence electrons. The van der Waals surface area contributed by atoms with Gasteiger partial charge in [0.15, 0.2) is 11.3 Å². The SMILES string of the molecule is FC(F)(F)c1cc(C2CC2)nc2cc(-c3nc(-c4cccs4)no3)nn12. The molecular weight excluding hydrogens is 367 g/mol. The molecule has 0 saturated heterocycles. The largest absolute Gasteiger partial charge is 0.433 e. The third-order valence-electron chi connectivity index (χ3n) is 4.12. The summed E-state index contributed by atoms with van der Waals surface area (Å²) in [6, 6.07) is 6.19. The molecule has 0 spiro atoms. The zero-order valence-corrected chi connectivity index (χ0v) is 13.9. The van der Waals surface area contributed by atoms with E-state index in [0.29, 0.717) is 11.5 Å². The summed E-state index contributed by atoms with van der Waals surface area (Å²) in [5.74, 6) is 0.517. The summed E-state index contributed by atoms with van der Waals surface area (Å²) >= 11 is 1.44. The highest BCUT2D eigenvalue weighted by atomic mass is 32.1. The van der Waals surface area contributed by atoms with E-state index in [2.05, 4.69) is 20.2 Å². The zero-order chi connectivity index (χ0) is 17.9. The van der Waals surface area contributed by atoms with E-state index in [4.69, 9.17) is 4.52 Å². The predicted octanol–water partition coefficient (Wildman–Crippen LogP) is 4.40. The van der Waals surface area contributed by atoms with Crippen LogP contribution in [-0.4, -0.2) is 24.7 Å². The average molecular weight is 377 g/mol. The molecule has 4 aromatic heterocycles. The molecule has 10 heteroatoms. The normalized spacial score (nSPS) is 15.0. The fraction of sp³-hybridized carbons (Fsp3) is 0.250. The van der Waals surface area contributed by atoms with E-state index in [9.17, 15) is 13.2 Å². The van der Waals surface area contributed by atoms with Gasteiger partial charge in [0, 0.05) is 17.7 Å². The van der Waals surface area contributed by atoms with Crippen molar-refractivity contribution < 1.29 is 17.7 Å². The van der Waals surface area contributed by atoms with Gasteiger partial charge in [0.1, 0.15) is 5.69 Å². The van der Waals surface area contributed by atoms with Crippen LogP contribution >= 0.6 is 11.3 Å². The van der Waals surface area contributed by atoms with Crippen molar-refractivity contribution in [1.29, 1.82) is 0 Å². The Kier molecular flexibility index (Phi) is 3.20. The molecule has 4 heterocycles. The Morgan fingerprint density at radius 2 is 2.04 bits per heavy atom. The van der Waals surface area contributed by atoms with Crippen molar-refractivity contribution in [3.05, 3.63) is 41.0 Å². The summed E-state index contributed by atoms with van der Waals surface area (Å²) in [6.07, 6.45) is -2.82. The van der Waals surface area contributed by atoms with Crippen molar-refractivity contribution in [3.63, 3.8) is 0 Å². The maximum Gasteiger partial charge on any atom is 0.433 e. The molecule has 6 nitrogen and oxygen atoms in total. The van der Waals surface area contributed by atoms with Crippen LogP contribution in [0.25, 0.3) is 27.9 Å². The second kappa shape index (κ2) is 5.37. The number of halogens is 3. The maximum absolute atomic E-state index is 13.4. The number of hydrogen-bond acceptors (Lipinski definition) is 6. The highest BCUT2D eigenvalue weighted by molar-refractivity contribution is 7.13. The first kappa shape index (κ1) is 15.5. The molecule has 0 N–H and O–H groups in total. The number of aromatic nitrogens is 5. The first-order chi connectivity index (χ1) is 12.5. The van der Waals surface area contributed by atoms with E-state index >= 15 is 0 Å². The van der Waals surface area contributed by atoms with Gasteiger partial charge in [-0.25, -0.2) is 9.50 Å². The van der Waals surface area contributed by atoms with Crippen LogP contribution in [0.5, 0.6) is 0 Å². The first-order valence-corrected chi connectivity index (χ1v) is 8.73. The van der Waals surface area contributed by atoms with Crippen molar-refractivity contribution in [2.75, 3.05) is 0 Å². The predicted molar refractivity (Wildman–Crippen MR) is 86.6 cm³/mol. The third kappa shape index (κ3) is 2.57. The Bertz CT molecular complexity index is 1100. The van der Waals surface area contributed by atoms with Crippen molar-refractivity contribution in [2.45, 2.75) is 24.9 Å². The summed E-state index contributed by atoms with van der Waals surface area (Å²) in [5, 5.41) is 9.74. The smallest absolute Gasteiger partial charge is 0.332 e. The topological polar surface area (TPSA) is 69.1 Å². The number of hydrogen-bond donors (Lipinski definition) is 0. The summed E-state index contributed by atoms with van der Waals surface area (Å²) in [7, 11) is 0. The molecule has 1 saturated carbocycles. The monoisotopic (exact) mass is 377 g/mol. The zero-order valence-electron chi connectivity index (χ0n) is 13.1. The van der Waals surface area contributed by atoms with E-state index in [1.807, 2.05) is 17.5 Å². The highest BCUT2D eigenvalue weighted by Crippen LogP contribution is 2.41. The fourth-order valence-electron chi connectivity index (χ4n) is 2.72. The number of thiophene rings is 1. The molecule has 5 rings (SSSR count). The Balaban J connectivity index is 1.63. The van der Waals surface area contributed by atoms with Crippen LogP contribution in [0, 0.1) is 0 Å². The maximum atomic E-state index is 13.4. The molecule has 0 amide bonds. The minimum atomic E-state index is -4.54. The van der Waals surface area contributed by atoms with Crippen LogP contribution < -0.4 is 0 Å².